The summed E-state index contributed by atoms with van der Waals surface area (Å²) in [5, 5.41) is 5.66. The van der Waals surface area contributed by atoms with Crippen LogP contribution in [0, 0.1) is 0 Å². The van der Waals surface area contributed by atoms with Crippen LogP contribution >= 0.6 is 27.3 Å². The van der Waals surface area contributed by atoms with Crippen molar-refractivity contribution in [3.05, 3.63) is 20.8 Å². The van der Waals surface area contributed by atoms with Crippen LogP contribution in [-0.4, -0.2) is 49.8 Å². The lowest BCUT2D eigenvalue weighted by molar-refractivity contribution is -0.0222. The molecule has 0 aromatic carbocycles. The highest BCUT2D eigenvalue weighted by molar-refractivity contribution is 9.10. The van der Waals surface area contributed by atoms with Crippen molar-refractivity contribution in [1.82, 2.24) is 10.2 Å². The van der Waals surface area contributed by atoms with Crippen molar-refractivity contribution in [2.45, 2.75) is 31.8 Å². The Kier molecular flexibility index (Phi) is 5.43. The molecule has 19 heavy (non-hydrogen) atoms. The van der Waals surface area contributed by atoms with E-state index in [-0.39, 0.29) is 5.54 Å². The largest absolute Gasteiger partial charge is 0.379 e. The molecule has 1 fully saturated rings. The summed E-state index contributed by atoms with van der Waals surface area (Å²) in [5.41, 5.74) is 0.134. The fourth-order valence-corrected chi connectivity index (χ4v) is 4.23. The Bertz CT molecular complexity index is 402. The first-order chi connectivity index (χ1) is 9.04. The molecule has 1 N–H and O–H groups in total. The van der Waals surface area contributed by atoms with Gasteiger partial charge in [-0.15, -0.1) is 11.3 Å². The third-order valence-corrected chi connectivity index (χ3v) is 5.77. The van der Waals surface area contributed by atoms with Gasteiger partial charge in [-0.1, -0.05) is 0 Å². The number of likely N-dealkylation sites (N-methyl/N-ethyl adjacent to an activating group) is 1. The van der Waals surface area contributed by atoms with Crippen LogP contribution in [0.2, 0.25) is 0 Å². The normalized spacial score (nSPS) is 19.6. The van der Waals surface area contributed by atoms with Gasteiger partial charge in [0.25, 0.3) is 0 Å². The van der Waals surface area contributed by atoms with Crippen molar-refractivity contribution in [3.8, 4) is 0 Å². The van der Waals surface area contributed by atoms with Crippen molar-refractivity contribution in [1.29, 1.82) is 0 Å². The van der Waals surface area contributed by atoms with Crippen LogP contribution in [0.25, 0.3) is 0 Å². The van der Waals surface area contributed by atoms with E-state index >= 15 is 0 Å². The molecule has 1 aromatic heterocycles. The van der Waals surface area contributed by atoms with Gasteiger partial charge in [0.1, 0.15) is 0 Å². The van der Waals surface area contributed by atoms with Gasteiger partial charge in [-0.2, -0.15) is 0 Å². The minimum absolute atomic E-state index is 0.134. The molecule has 0 saturated carbocycles. The molecule has 1 saturated heterocycles. The SMILES string of the molecule is CNC(Cc1cc(Br)cs1)C(C)(C)N1CCOCC1. The van der Waals surface area contributed by atoms with E-state index in [2.05, 4.69) is 58.5 Å². The molecule has 0 amide bonds. The van der Waals surface area contributed by atoms with E-state index in [1.54, 1.807) is 0 Å². The highest BCUT2D eigenvalue weighted by Crippen LogP contribution is 2.27. The van der Waals surface area contributed by atoms with Gasteiger partial charge in [-0.25, -0.2) is 0 Å². The summed E-state index contributed by atoms with van der Waals surface area (Å²) in [5.74, 6) is 0. The molecule has 5 heteroatoms. The first-order valence-corrected chi connectivity index (χ1v) is 8.44. The Hall–Kier alpha value is 0.0600. The molecule has 3 nitrogen and oxygen atoms in total. The Morgan fingerprint density at radius 3 is 2.68 bits per heavy atom. The van der Waals surface area contributed by atoms with Crippen molar-refractivity contribution < 1.29 is 4.74 Å². The van der Waals surface area contributed by atoms with E-state index in [0.29, 0.717) is 6.04 Å². The molecular formula is C14H23BrN2OS. The number of nitrogens with zero attached hydrogens (tertiary/aromatic N) is 1. The monoisotopic (exact) mass is 346 g/mol. The third-order valence-electron chi connectivity index (χ3n) is 4.05. The van der Waals surface area contributed by atoms with Gasteiger partial charge in [-0.3, -0.25) is 4.90 Å². The maximum absolute atomic E-state index is 5.46. The quantitative estimate of drug-likeness (QED) is 0.887. The summed E-state index contributed by atoms with van der Waals surface area (Å²) in [6.07, 6.45) is 1.07. The molecule has 0 bridgehead atoms. The van der Waals surface area contributed by atoms with E-state index in [1.807, 2.05) is 11.3 Å². The van der Waals surface area contributed by atoms with E-state index in [1.165, 1.54) is 9.35 Å². The van der Waals surface area contributed by atoms with Gasteiger partial charge in [0.05, 0.1) is 13.2 Å². The minimum atomic E-state index is 0.134. The average molecular weight is 347 g/mol. The molecule has 0 radical (unpaired) electrons. The van der Waals surface area contributed by atoms with Gasteiger partial charge in [0, 0.05) is 39.4 Å². The maximum Gasteiger partial charge on any atom is 0.0594 e. The number of hydrogen-bond acceptors (Lipinski definition) is 4. The fourth-order valence-electron chi connectivity index (χ4n) is 2.73. The molecule has 1 aliphatic rings. The van der Waals surface area contributed by atoms with E-state index in [4.69, 9.17) is 4.74 Å². The number of rotatable bonds is 5. The Morgan fingerprint density at radius 2 is 2.16 bits per heavy atom. The first kappa shape index (κ1) is 15.4. The summed E-state index contributed by atoms with van der Waals surface area (Å²) >= 11 is 5.36. The van der Waals surface area contributed by atoms with Gasteiger partial charge >= 0.3 is 0 Å². The van der Waals surface area contributed by atoms with Crippen LogP contribution in [0.3, 0.4) is 0 Å². The van der Waals surface area contributed by atoms with E-state index in [9.17, 15) is 0 Å². The van der Waals surface area contributed by atoms with Gasteiger partial charge in [0.2, 0.25) is 0 Å². The van der Waals surface area contributed by atoms with E-state index in [0.717, 1.165) is 32.7 Å². The van der Waals surface area contributed by atoms with Crippen molar-refractivity contribution in [2.24, 2.45) is 0 Å². The van der Waals surface area contributed by atoms with Crippen LogP contribution in [0.15, 0.2) is 15.9 Å². The highest BCUT2D eigenvalue weighted by Gasteiger charge is 2.35. The summed E-state index contributed by atoms with van der Waals surface area (Å²) in [4.78, 5) is 3.97. The Morgan fingerprint density at radius 1 is 1.47 bits per heavy atom. The lowest BCUT2D eigenvalue weighted by atomic mass is 9.89. The van der Waals surface area contributed by atoms with Gasteiger partial charge in [0.15, 0.2) is 0 Å². The second-order valence-corrected chi connectivity index (χ2v) is 7.44. The molecule has 1 aliphatic heterocycles. The van der Waals surface area contributed by atoms with Crippen LogP contribution in [-0.2, 0) is 11.2 Å². The summed E-state index contributed by atoms with van der Waals surface area (Å²) in [7, 11) is 2.06. The molecule has 1 atom stereocenters. The number of nitrogens with one attached hydrogen (secondary N) is 1. The molecule has 1 unspecified atom stereocenters. The van der Waals surface area contributed by atoms with E-state index < -0.39 is 0 Å². The Balaban J connectivity index is 2.06. The molecule has 2 rings (SSSR count). The van der Waals surface area contributed by atoms with Crippen molar-refractivity contribution in [3.63, 3.8) is 0 Å². The number of halogens is 1. The molecular weight excluding hydrogens is 324 g/mol. The zero-order chi connectivity index (χ0) is 13.9. The predicted octanol–water partition coefficient (Wildman–Crippen LogP) is 2.75. The van der Waals surface area contributed by atoms with Crippen molar-refractivity contribution >= 4 is 27.3 Å². The fraction of sp³-hybridized carbons (Fsp3) is 0.714. The molecule has 2 heterocycles. The summed E-state index contributed by atoms with van der Waals surface area (Å²) < 4.78 is 6.65. The molecule has 108 valence electrons. The summed E-state index contributed by atoms with van der Waals surface area (Å²) in [6, 6.07) is 2.67. The second-order valence-electron chi connectivity index (χ2n) is 5.53. The zero-order valence-electron chi connectivity index (χ0n) is 11.9. The first-order valence-electron chi connectivity index (χ1n) is 6.77. The third kappa shape index (κ3) is 3.79. The van der Waals surface area contributed by atoms with Gasteiger partial charge in [-0.05, 0) is 49.3 Å². The van der Waals surface area contributed by atoms with Crippen LogP contribution in [0.1, 0.15) is 18.7 Å². The lowest BCUT2D eigenvalue weighted by Crippen LogP contribution is -2.60. The van der Waals surface area contributed by atoms with Crippen LogP contribution in [0.5, 0.6) is 0 Å². The maximum atomic E-state index is 5.46. The number of morpholine rings is 1. The Labute approximate surface area is 128 Å². The minimum Gasteiger partial charge on any atom is -0.379 e. The highest BCUT2D eigenvalue weighted by atomic mass is 79.9. The standard InChI is InChI=1S/C14H23BrN2OS/c1-14(2,17-4-6-18-7-5-17)13(16-3)9-12-8-11(15)10-19-12/h8,10,13,16H,4-7,9H2,1-3H3. The average Bonchev–Trinajstić information content (AvgIpc) is 2.82. The predicted molar refractivity (Wildman–Crippen MR) is 85.0 cm³/mol. The van der Waals surface area contributed by atoms with Crippen LogP contribution < -0.4 is 5.32 Å². The smallest absolute Gasteiger partial charge is 0.0594 e. The number of hydrogen-bond donors (Lipinski definition) is 1. The number of thiophene rings is 1. The lowest BCUT2D eigenvalue weighted by Gasteiger charge is -2.45. The molecule has 1 aromatic rings. The topological polar surface area (TPSA) is 24.5 Å². The molecule has 0 aliphatic carbocycles. The second kappa shape index (κ2) is 6.68. The summed E-state index contributed by atoms with van der Waals surface area (Å²) in [6.45, 7) is 8.43. The van der Waals surface area contributed by atoms with Crippen LogP contribution in [0.4, 0.5) is 0 Å². The van der Waals surface area contributed by atoms with Gasteiger partial charge < -0.3 is 10.1 Å². The zero-order valence-corrected chi connectivity index (χ0v) is 14.3. The molecule has 0 spiro atoms. The van der Waals surface area contributed by atoms with Crippen molar-refractivity contribution in [2.75, 3.05) is 33.4 Å². The number of ether oxygens (including phenoxy) is 1.